The third-order valence-corrected chi connectivity index (χ3v) is 9.32. The van der Waals surface area contributed by atoms with Gasteiger partial charge in [0, 0.05) is 12.8 Å². The number of esters is 1. The van der Waals surface area contributed by atoms with Crippen LogP contribution in [0.1, 0.15) is 213 Å². The van der Waals surface area contributed by atoms with E-state index in [0.717, 1.165) is 51.4 Å². The van der Waals surface area contributed by atoms with Crippen LogP contribution in [-0.2, 0) is 19.1 Å². The van der Waals surface area contributed by atoms with Gasteiger partial charge in [-0.05, 0) is 64.0 Å². The molecule has 0 aliphatic carbocycles. The molecule has 4 N–H and O–H groups in total. The van der Waals surface area contributed by atoms with Crippen LogP contribution in [0.2, 0.25) is 0 Å². The molecule has 0 aliphatic rings. The van der Waals surface area contributed by atoms with Gasteiger partial charge in [0.15, 0.2) is 0 Å². The zero-order valence-corrected chi connectivity index (χ0v) is 31.6. The Morgan fingerprint density at radius 2 is 1.06 bits per heavy atom. The van der Waals surface area contributed by atoms with Crippen LogP contribution in [0.4, 0.5) is 0 Å². The maximum atomic E-state index is 12.6. The van der Waals surface area contributed by atoms with Crippen LogP contribution in [-0.4, -0.2) is 41.6 Å². The Bertz CT molecular complexity index is 772. The molecule has 0 saturated carbocycles. The number of hydrogen-bond donors (Lipinski definition) is 3. The summed E-state index contributed by atoms with van der Waals surface area (Å²) in [7, 11) is 0. The minimum Gasteiger partial charge on any atom is -0.480 e. The van der Waals surface area contributed by atoms with Crippen LogP contribution >= 0.6 is 0 Å². The highest BCUT2D eigenvalue weighted by Gasteiger charge is 2.19. The number of carbonyl (C=O) groups is 3. The quantitative estimate of drug-likeness (QED) is 0.0342. The normalized spacial score (nSPS) is 12.7. The number of allylic oxidation sites excluding steroid dienone is 1. The number of ether oxygens (including phenoxy) is 1. The van der Waals surface area contributed by atoms with Crippen molar-refractivity contribution in [2.45, 2.75) is 225 Å². The highest BCUT2D eigenvalue weighted by molar-refractivity contribution is 5.83. The van der Waals surface area contributed by atoms with E-state index >= 15 is 0 Å². The third kappa shape index (κ3) is 32.6. The van der Waals surface area contributed by atoms with E-state index in [4.69, 9.17) is 10.5 Å². The maximum absolute atomic E-state index is 12.6. The van der Waals surface area contributed by atoms with Gasteiger partial charge in [0.1, 0.15) is 12.1 Å². The number of carbonyl (C=O) groups excluding carboxylic acids is 2. The van der Waals surface area contributed by atoms with Crippen molar-refractivity contribution < 1.29 is 24.2 Å². The molecule has 0 saturated heterocycles. The van der Waals surface area contributed by atoms with Crippen molar-refractivity contribution in [3.8, 4) is 0 Å². The lowest BCUT2D eigenvalue weighted by molar-refractivity contribution is -0.147. The molecule has 48 heavy (non-hydrogen) atoms. The molecular weight excluding hydrogens is 600 g/mol. The standard InChI is InChI=1S/C41H78N2O5/c1-3-5-7-9-10-11-12-13-14-15-16-17-18-19-20-21-23-29-35-40(45)48-37(31-26-22-8-6-4-2)32-27-24-25-28-34-39(44)43-38(41(46)47)33-30-36-42/h26,31,37-38H,3-25,27-30,32-36,42H2,1-2H3,(H,43,44)(H,46,47)/b31-26-. The molecule has 0 bridgehead atoms. The summed E-state index contributed by atoms with van der Waals surface area (Å²) in [4.78, 5) is 36.1. The van der Waals surface area contributed by atoms with Gasteiger partial charge in [-0.2, -0.15) is 0 Å². The van der Waals surface area contributed by atoms with E-state index in [9.17, 15) is 19.5 Å². The third-order valence-electron chi connectivity index (χ3n) is 9.32. The van der Waals surface area contributed by atoms with Crippen molar-refractivity contribution in [1.82, 2.24) is 5.32 Å². The lowest BCUT2D eigenvalue weighted by atomic mass is 10.0. The highest BCUT2D eigenvalue weighted by Crippen LogP contribution is 2.16. The fraction of sp³-hybridized carbons (Fsp3) is 0.878. The smallest absolute Gasteiger partial charge is 0.326 e. The molecule has 0 rings (SSSR count). The molecule has 0 fully saturated rings. The molecule has 1 amide bonds. The Kier molecular flexibility index (Phi) is 35.0. The number of nitrogens with two attached hydrogens (primary N) is 1. The van der Waals surface area contributed by atoms with Crippen LogP contribution in [0.3, 0.4) is 0 Å². The van der Waals surface area contributed by atoms with Gasteiger partial charge in [0.2, 0.25) is 5.91 Å². The first-order valence-electron chi connectivity index (χ1n) is 20.5. The lowest BCUT2D eigenvalue weighted by Crippen LogP contribution is -2.40. The molecule has 7 nitrogen and oxygen atoms in total. The minimum absolute atomic E-state index is 0.0889. The second-order valence-corrected chi connectivity index (χ2v) is 14.1. The summed E-state index contributed by atoms with van der Waals surface area (Å²) in [6, 6.07) is -0.866. The number of unbranched alkanes of at least 4 members (excludes halogenated alkanes) is 23. The Morgan fingerprint density at radius 3 is 1.56 bits per heavy atom. The summed E-state index contributed by atoms with van der Waals surface area (Å²) in [6.45, 7) is 4.89. The van der Waals surface area contributed by atoms with E-state index in [2.05, 4.69) is 31.3 Å². The van der Waals surface area contributed by atoms with Crippen molar-refractivity contribution in [3.63, 3.8) is 0 Å². The molecular formula is C41H78N2O5. The molecule has 0 radical (unpaired) electrons. The van der Waals surface area contributed by atoms with E-state index in [1.807, 2.05) is 0 Å². The SMILES string of the molecule is CCCCC/C=C\C(CCCCCCC(=O)NC(CCCN)C(=O)O)OC(=O)CCCCCCCCCCCCCCCCCCCC. The van der Waals surface area contributed by atoms with E-state index in [1.165, 1.54) is 116 Å². The van der Waals surface area contributed by atoms with E-state index in [0.29, 0.717) is 38.6 Å². The predicted octanol–water partition coefficient (Wildman–Crippen LogP) is 11.1. The maximum Gasteiger partial charge on any atom is 0.326 e. The van der Waals surface area contributed by atoms with Gasteiger partial charge in [0.25, 0.3) is 0 Å². The second kappa shape index (κ2) is 36.4. The largest absolute Gasteiger partial charge is 0.480 e. The van der Waals surface area contributed by atoms with Gasteiger partial charge in [-0.1, -0.05) is 155 Å². The zero-order valence-electron chi connectivity index (χ0n) is 31.6. The van der Waals surface area contributed by atoms with Crippen molar-refractivity contribution in [2.24, 2.45) is 5.73 Å². The highest BCUT2D eigenvalue weighted by atomic mass is 16.5. The molecule has 0 spiro atoms. The first-order valence-corrected chi connectivity index (χ1v) is 20.5. The molecule has 0 aromatic carbocycles. The Balaban J connectivity index is 4.02. The van der Waals surface area contributed by atoms with Gasteiger partial charge in [-0.25, -0.2) is 4.79 Å². The first kappa shape index (κ1) is 46.1. The monoisotopic (exact) mass is 679 g/mol. The summed E-state index contributed by atoms with van der Waals surface area (Å²) in [6.07, 6.45) is 38.6. The topological polar surface area (TPSA) is 119 Å². The molecule has 0 aromatic heterocycles. The Morgan fingerprint density at radius 1 is 0.604 bits per heavy atom. The molecule has 2 unspecified atom stereocenters. The number of hydrogen-bond acceptors (Lipinski definition) is 5. The number of nitrogens with one attached hydrogen (secondary N) is 1. The molecule has 0 aliphatic heterocycles. The van der Waals surface area contributed by atoms with Crippen LogP contribution in [0.15, 0.2) is 12.2 Å². The van der Waals surface area contributed by atoms with Gasteiger partial charge in [0.05, 0.1) is 0 Å². The predicted molar refractivity (Wildman–Crippen MR) is 202 cm³/mol. The summed E-state index contributed by atoms with van der Waals surface area (Å²) in [5.41, 5.74) is 5.47. The molecule has 7 heteroatoms. The van der Waals surface area contributed by atoms with Crippen LogP contribution in [0.5, 0.6) is 0 Å². The van der Waals surface area contributed by atoms with Crippen LogP contribution < -0.4 is 11.1 Å². The molecule has 0 aromatic rings. The van der Waals surface area contributed by atoms with E-state index in [-0.39, 0.29) is 18.0 Å². The van der Waals surface area contributed by atoms with Crippen LogP contribution in [0.25, 0.3) is 0 Å². The van der Waals surface area contributed by atoms with Crippen molar-refractivity contribution in [3.05, 3.63) is 12.2 Å². The summed E-state index contributed by atoms with van der Waals surface area (Å²) in [5.74, 6) is -1.32. The zero-order chi connectivity index (χ0) is 35.3. The number of aliphatic carboxylic acids is 1. The summed E-state index contributed by atoms with van der Waals surface area (Å²) >= 11 is 0. The average molecular weight is 679 g/mol. The van der Waals surface area contributed by atoms with Gasteiger partial charge >= 0.3 is 11.9 Å². The summed E-state index contributed by atoms with van der Waals surface area (Å²) < 4.78 is 5.88. The van der Waals surface area contributed by atoms with E-state index < -0.39 is 12.0 Å². The van der Waals surface area contributed by atoms with Crippen LogP contribution in [0, 0.1) is 0 Å². The fourth-order valence-electron chi connectivity index (χ4n) is 6.18. The fourth-order valence-corrected chi connectivity index (χ4v) is 6.18. The number of carboxylic acids is 1. The van der Waals surface area contributed by atoms with Gasteiger partial charge in [-0.15, -0.1) is 0 Å². The van der Waals surface area contributed by atoms with Crippen molar-refractivity contribution in [1.29, 1.82) is 0 Å². The Hall–Kier alpha value is -1.89. The minimum atomic E-state index is -1.01. The number of rotatable bonds is 37. The molecule has 282 valence electrons. The number of amides is 1. The number of carboxylic acid groups (broad SMARTS) is 1. The van der Waals surface area contributed by atoms with Gasteiger partial charge < -0.3 is 20.9 Å². The Labute approximate surface area is 296 Å². The molecule has 2 atom stereocenters. The summed E-state index contributed by atoms with van der Waals surface area (Å²) in [5, 5.41) is 11.9. The van der Waals surface area contributed by atoms with E-state index in [1.54, 1.807) is 0 Å². The first-order chi connectivity index (χ1) is 23.4. The van der Waals surface area contributed by atoms with Crippen molar-refractivity contribution >= 4 is 17.8 Å². The lowest BCUT2D eigenvalue weighted by Gasteiger charge is -2.15. The molecule has 0 heterocycles. The van der Waals surface area contributed by atoms with Gasteiger partial charge in [-0.3, -0.25) is 9.59 Å². The second-order valence-electron chi connectivity index (χ2n) is 14.1. The van der Waals surface area contributed by atoms with Crippen molar-refractivity contribution in [2.75, 3.05) is 6.54 Å². The average Bonchev–Trinajstić information content (AvgIpc) is 3.07.